The van der Waals surface area contributed by atoms with Crippen LogP contribution in [0.3, 0.4) is 0 Å². The largest absolute Gasteiger partial charge is 0.497 e. The van der Waals surface area contributed by atoms with Gasteiger partial charge in [-0.2, -0.15) is 0 Å². The van der Waals surface area contributed by atoms with Gasteiger partial charge < -0.3 is 14.2 Å². The minimum absolute atomic E-state index is 0.115. The van der Waals surface area contributed by atoms with Crippen molar-refractivity contribution in [1.82, 2.24) is 0 Å². The van der Waals surface area contributed by atoms with Crippen molar-refractivity contribution < 1.29 is 19.0 Å². The molecule has 4 nitrogen and oxygen atoms in total. The maximum atomic E-state index is 11.5. The van der Waals surface area contributed by atoms with Crippen molar-refractivity contribution in [2.45, 2.75) is 19.4 Å². The average Bonchev–Trinajstić information content (AvgIpc) is 2.89. The van der Waals surface area contributed by atoms with Crippen LogP contribution in [-0.4, -0.2) is 19.7 Å². The van der Waals surface area contributed by atoms with Gasteiger partial charge in [-0.3, -0.25) is 0 Å². The van der Waals surface area contributed by atoms with Crippen molar-refractivity contribution in [3.8, 4) is 5.75 Å². The summed E-state index contributed by atoms with van der Waals surface area (Å²) in [6.07, 6.45) is 2.34. The van der Waals surface area contributed by atoms with E-state index >= 15 is 0 Å². The summed E-state index contributed by atoms with van der Waals surface area (Å²) in [6, 6.07) is 7.62. The molecule has 4 heteroatoms. The summed E-state index contributed by atoms with van der Waals surface area (Å²) in [5.41, 5.74) is 1.02. The summed E-state index contributed by atoms with van der Waals surface area (Å²) in [5.74, 6) is 0.710. The van der Waals surface area contributed by atoms with Crippen LogP contribution in [0.4, 0.5) is 0 Å². The standard InChI is InChI=1S/C14H16O4/c1-3-17-14(15)13-9-8-12(18-13)10-4-6-11(16-2)7-5-10/h4-7,9,12H,3,8H2,1-2H3/t12-/m1/s1. The fraction of sp³-hybridized carbons (Fsp3) is 0.357. The number of hydrogen-bond acceptors (Lipinski definition) is 4. The van der Waals surface area contributed by atoms with Crippen molar-refractivity contribution in [3.63, 3.8) is 0 Å². The zero-order valence-electron chi connectivity index (χ0n) is 10.5. The fourth-order valence-electron chi connectivity index (χ4n) is 1.82. The van der Waals surface area contributed by atoms with Gasteiger partial charge in [0, 0.05) is 6.42 Å². The van der Waals surface area contributed by atoms with Gasteiger partial charge in [0.2, 0.25) is 5.76 Å². The highest BCUT2D eigenvalue weighted by atomic mass is 16.6. The van der Waals surface area contributed by atoms with Gasteiger partial charge in [0.1, 0.15) is 11.9 Å². The Bertz CT molecular complexity index is 447. The summed E-state index contributed by atoms with van der Waals surface area (Å²) in [4.78, 5) is 11.5. The van der Waals surface area contributed by atoms with E-state index in [1.165, 1.54) is 0 Å². The van der Waals surface area contributed by atoms with Crippen LogP contribution in [0.15, 0.2) is 36.1 Å². The third kappa shape index (κ3) is 2.64. The SMILES string of the molecule is CCOC(=O)C1=CC[C@H](c2ccc(OC)cc2)O1. The molecule has 1 aromatic rings. The lowest BCUT2D eigenvalue weighted by Crippen LogP contribution is -2.09. The summed E-state index contributed by atoms with van der Waals surface area (Å²) in [7, 11) is 1.63. The Morgan fingerprint density at radius 1 is 1.39 bits per heavy atom. The minimum Gasteiger partial charge on any atom is -0.497 e. The molecule has 0 N–H and O–H groups in total. The molecule has 0 fully saturated rings. The van der Waals surface area contributed by atoms with E-state index in [-0.39, 0.29) is 6.10 Å². The monoisotopic (exact) mass is 248 g/mol. The van der Waals surface area contributed by atoms with E-state index in [0.717, 1.165) is 11.3 Å². The van der Waals surface area contributed by atoms with Crippen molar-refractivity contribution in [3.05, 3.63) is 41.7 Å². The lowest BCUT2D eigenvalue weighted by Gasteiger charge is -2.13. The Labute approximate surface area is 106 Å². The third-order valence-electron chi connectivity index (χ3n) is 2.75. The fourth-order valence-corrected chi connectivity index (χ4v) is 1.82. The van der Waals surface area contributed by atoms with Crippen LogP contribution in [0.1, 0.15) is 25.0 Å². The number of methoxy groups -OCH3 is 1. The smallest absolute Gasteiger partial charge is 0.373 e. The van der Waals surface area contributed by atoms with Gasteiger partial charge in [-0.25, -0.2) is 4.79 Å². The number of ether oxygens (including phenoxy) is 3. The summed E-state index contributed by atoms with van der Waals surface area (Å²) in [5, 5.41) is 0. The van der Waals surface area contributed by atoms with Crippen LogP contribution in [0, 0.1) is 0 Å². The zero-order valence-corrected chi connectivity index (χ0v) is 10.5. The topological polar surface area (TPSA) is 44.8 Å². The van der Waals surface area contributed by atoms with Gasteiger partial charge in [-0.1, -0.05) is 12.1 Å². The first-order valence-electron chi connectivity index (χ1n) is 5.92. The number of benzene rings is 1. The van der Waals surface area contributed by atoms with E-state index in [9.17, 15) is 4.79 Å². The van der Waals surface area contributed by atoms with Gasteiger partial charge in [0.05, 0.1) is 13.7 Å². The molecule has 1 aliphatic heterocycles. The molecule has 1 atom stereocenters. The van der Waals surface area contributed by atoms with Crippen LogP contribution >= 0.6 is 0 Å². The summed E-state index contributed by atoms with van der Waals surface area (Å²) >= 11 is 0. The number of esters is 1. The third-order valence-corrected chi connectivity index (χ3v) is 2.75. The summed E-state index contributed by atoms with van der Waals surface area (Å²) < 4.78 is 15.6. The van der Waals surface area contributed by atoms with E-state index in [1.54, 1.807) is 20.1 Å². The van der Waals surface area contributed by atoms with E-state index in [0.29, 0.717) is 18.8 Å². The van der Waals surface area contributed by atoms with Crippen molar-refractivity contribution in [2.24, 2.45) is 0 Å². The molecule has 0 aromatic heterocycles. The van der Waals surface area contributed by atoms with E-state index in [1.807, 2.05) is 24.3 Å². The van der Waals surface area contributed by atoms with Gasteiger partial charge in [-0.15, -0.1) is 0 Å². The van der Waals surface area contributed by atoms with Crippen molar-refractivity contribution in [2.75, 3.05) is 13.7 Å². The molecule has 0 amide bonds. The quantitative estimate of drug-likeness (QED) is 0.768. The molecule has 0 spiro atoms. The highest BCUT2D eigenvalue weighted by molar-refractivity contribution is 5.86. The zero-order chi connectivity index (χ0) is 13.0. The number of carbonyl (C=O) groups is 1. The maximum Gasteiger partial charge on any atom is 0.373 e. The lowest BCUT2D eigenvalue weighted by atomic mass is 10.1. The van der Waals surface area contributed by atoms with Crippen molar-refractivity contribution >= 4 is 5.97 Å². The highest BCUT2D eigenvalue weighted by Crippen LogP contribution is 2.32. The van der Waals surface area contributed by atoms with E-state index < -0.39 is 5.97 Å². The predicted molar refractivity (Wildman–Crippen MR) is 66.2 cm³/mol. The predicted octanol–water partition coefficient (Wildman–Crippen LogP) is 2.60. The maximum absolute atomic E-state index is 11.5. The Morgan fingerprint density at radius 2 is 2.11 bits per heavy atom. The molecule has 0 unspecified atom stereocenters. The molecule has 1 aliphatic rings. The summed E-state index contributed by atoms with van der Waals surface area (Å²) in [6.45, 7) is 2.13. The highest BCUT2D eigenvalue weighted by Gasteiger charge is 2.25. The molecule has 0 saturated carbocycles. The van der Waals surface area contributed by atoms with Gasteiger partial charge in [0.25, 0.3) is 0 Å². The van der Waals surface area contributed by atoms with Crippen LogP contribution in [0.25, 0.3) is 0 Å². The molecule has 1 heterocycles. The Balaban J connectivity index is 1.99. The van der Waals surface area contributed by atoms with Crippen LogP contribution < -0.4 is 4.74 Å². The molecule has 0 radical (unpaired) electrons. The molecular formula is C14H16O4. The number of carbonyl (C=O) groups excluding carboxylic acids is 1. The first-order chi connectivity index (χ1) is 8.74. The van der Waals surface area contributed by atoms with Gasteiger partial charge >= 0.3 is 5.97 Å². The lowest BCUT2D eigenvalue weighted by molar-refractivity contribution is -0.143. The van der Waals surface area contributed by atoms with Crippen LogP contribution in [-0.2, 0) is 14.3 Å². The van der Waals surface area contributed by atoms with Crippen LogP contribution in [0.5, 0.6) is 5.75 Å². The molecule has 0 aliphatic carbocycles. The molecule has 1 aromatic carbocycles. The number of hydrogen-bond donors (Lipinski definition) is 0. The average molecular weight is 248 g/mol. The molecule has 0 saturated heterocycles. The first kappa shape index (κ1) is 12.5. The first-order valence-corrected chi connectivity index (χ1v) is 5.92. The normalized spacial score (nSPS) is 17.9. The second kappa shape index (κ2) is 5.58. The van der Waals surface area contributed by atoms with Crippen LogP contribution in [0.2, 0.25) is 0 Å². The number of rotatable bonds is 4. The van der Waals surface area contributed by atoms with Crippen molar-refractivity contribution in [1.29, 1.82) is 0 Å². The molecule has 18 heavy (non-hydrogen) atoms. The Kier molecular flexibility index (Phi) is 3.87. The molecule has 2 rings (SSSR count). The van der Waals surface area contributed by atoms with E-state index in [4.69, 9.17) is 14.2 Å². The van der Waals surface area contributed by atoms with E-state index in [2.05, 4.69) is 0 Å². The minimum atomic E-state index is -0.395. The second-order valence-electron chi connectivity index (χ2n) is 3.90. The van der Waals surface area contributed by atoms with Gasteiger partial charge in [0.15, 0.2) is 0 Å². The molecule has 96 valence electrons. The molecular weight excluding hydrogens is 232 g/mol. The molecule has 0 bridgehead atoms. The Hall–Kier alpha value is -1.97. The second-order valence-corrected chi connectivity index (χ2v) is 3.90. The van der Waals surface area contributed by atoms with Gasteiger partial charge in [-0.05, 0) is 30.7 Å². The Morgan fingerprint density at radius 3 is 2.72 bits per heavy atom.